The Morgan fingerprint density at radius 1 is 0.304 bits per heavy atom. The number of aromatic nitrogens is 4. The summed E-state index contributed by atoms with van der Waals surface area (Å²) in [5, 5.41) is 22.3. The van der Waals surface area contributed by atoms with Crippen LogP contribution in [0.2, 0.25) is 0 Å². The first-order valence-electron chi connectivity index (χ1n) is 19.1. The quantitative estimate of drug-likeness (QED) is 0.159. The molecule has 6 heteroatoms. The lowest BCUT2D eigenvalue weighted by Crippen LogP contribution is -2.10. The molecule has 0 bridgehead atoms. The zero-order chi connectivity index (χ0) is 38.6. The van der Waals surface area contributed by atoms with Crippen LogP contribution < -0.4 is 0 Å². The average molecular weight is 731 g/mol. The molecular formula is C50H42N4O2. The van der Waals surface area contributed by atoms with E-state index in [1.54, 1.807) is 0 Å². The Morgan fingerprint density at radius 3 is 0.786 bits per heavy atom. The van der Waals surface area contributed by atoms with Crippen LogP contribution in [0.5, 0.6) is 0 Å². The van der Waals surface area contributed by atoms with E-state index in [-0.39, 0.29) is 10.8 Å². The van der Waals surface area contributed by atoms with Gasteiger partial charge in [-0.25, -0.2) is 0 Å². The van der Waals surface area contributed by atoms with Crippen LogP contribution in [-0.2, 0) is 10.8 Å². The molecule has 0 aliphatic rings. The topological polar surface area (TPSA) is 77.8 Å². The summed E-state index contributed by atoms with van der Waals surface area (Å²) in [5.41, 5.74) is 10.8. The Bertz CT molecular complexity index is 2580. The molecule has 0 fully saturated rings. The van der Waals surface area contributed by atoms with Gasteiger partial charge in [0.15, 0.2) is 0 Å². The molecule has 9 aromatic rings. The van der Waals surface area contributed by atoms with Crippen LogP contribution >= 0.6 is 0 Å². The summed E-state index contributed by atoms with van der Waals surface area (Å²) in [7, 11) is 0. The highest BCUT2D eigenvalue weighted by molar-refractivity contribution is 6.21. The second-order valence-corrected chi connectivity index (χ2v) is 16.5. The molecule has 0 unspecified atom stereocenters. The summed E-state index contributed by atoms with van der Waals surface area (Å²) < 4.78 is 12.3. The number of fused-ring (bicyclic) bond motifs is 2. The summed E-state index contributed by atoms with van der Waals surface area (Å²) in [6, 6.07) is 50.9. The number of nitrogens with zero attached hydrogens (tertiary/aromatic N) is 4. The molecule has 0 saturated carbocycles. The molecule has 2 heterocycles. The van der Waals surface area contributed by atoms with Gasteiger partial charge in [0.1, 0.15) is 0 Å². The van der Waals surface area contributed by atoms with Crippen LogP contribution in [-0.4, -0.2) is 20.4 Å². The molecule has 2 aromatic heterocycles. The number of rotatable bonds is 6. The predicted octanol–water partition coefficient (Wildman–Crippen LogP) is 13.4. The van der Waals surface area contributed by atoms with Gasteiger partial charge in [0.2, 0.25) is 23.6 Å². The fraction of sp³-hybridized carbons (Fsp3) is 0.160. The Balaban J connectivity index is 1.04. The molecule has 274 valence electrons. The van der Waals surface area contributed by atoms with E-state index in [0.29, 0.717) is 23.6 Å². The van der Waals surface area contributed by atoms with Gasteiger partial charge in [0, 0.05) is 22.3 Å². The fourth-order valence-electron chi connectivity index (χ4n) is 7.45. The maximum Gasteiger partial charge on any atom is 0.248 e. The first kappa shape index (κ1) is 35.1. The third-order valence-corrected chi connectivity index (χ3v) is 10.6. The van der Waals surface area contributed by atoms with Crippen LogP contribution in [0.15, 0.2) is 154 Å². The van der Waals surface area contributed by atoms with Crippen molar-refractivity contribution in [2.45, 2.75) is 52.4 Å². The molecule has 9 rings (SSSR count). The molecule has 56 heavy (non-hydrogen) atoms. The van der Waals surface area contributed by atoms with Crippen molar-refractivity contribution in [3.63, 3.8) is 0 Å². The summed E-state index contributed by atoms with van der Waals surface area (Å²) in [4.78, 5) is 0. The Kier molecular flexibility index (Phi) is 8.50. The third kappa shape index (κ3) is 6.47. The number of benzene rings is 7. The van der Waals surface area contributed by atoms with E-state index in [4.69, 9.17) is 8.83 Å². The molecule has 0 N–H and O–H groups in total. The van der Waals surface area contributed by atoms with Crippen molar-refractivity contribution in [1.29, 1.82) is 0 Å². The zero-order valence-electron chi connectivity index (χ0n) is 32.5. The molecule has 0 aliphatic carbocycles. The van der Waals surface area contributed by atoms with Crippen molar-refractivity contribution >= 4 is 21.5 Å². The fourth-order valence-corrected chi connectivity index (χ4v) is 7.45. The standard InChI is InChI=1S/C50H42N4O2/c1-49(2,3)37-27-23-35(24-28-37)47-53-51-45(55-47)33-19-15-31(16-20-33)43-39-11-7-9-13-41(39)44(42-14-10-8-12-40(42)43)32-17-21-34(22-18-32)46-52-54-48(56-46)36-25-29-38(30-26-36)50(4,5)6/h7-30H,1-6H3. The summed E-state index contributed by atoms with van der Waals surface area (Å²) in [5.74, 6) is 2.00. The van der Waals surface area contributed by atoms with E-state index in [2.05, 4.69) is 183 Å². The van der Waals surface area contributed by atoms with Gasteiger partial charge in [0.05, 0.1) is 0 Å². The largest absolute Gasteiger partial charge is 0.416 e. The summed E-state index contributed by atoms with van der Waals surface area (Å²) in [6.07, 6.45) is 0. The lowest BCUT2D eigenvalue weighted by molar-refractivity contribution is 0.582. The monoisotopic (exact) mass is 730 g/mol. The van der Waals surface area contributed by atoms with E-state index in [1.807, 2.05) is 24.3 Å². The van der Waals surface area contributed by atoms with Gasteiger partial charge in [-0.2, -0.15) is 0 Å². The second kappa shape index (κ2) is 13.6. The minimum Gasteiger partial charge on any atom is -0.416 e. The molecule has 6 nitrogen and oxygen atoms in total. The maximum absolute atomic E-state index is 6.17. The van der Waals surface area contributed by atoms with E-state index < -0.39 is 0 Å². The lowest BCUT2D eigenvalue weighted by Gasteiger charge is -2.18. The van der Waals surface area contributed by atoms with Crippen molar-refractivity contribution in [1.82, 2.24) is 20.4 Å². The van der Waals surface area contributed by atoms with Gasteiger partial charge in [-0.1, -0.05) is 139 Å². The Morgan fingerprint density at radius 2 is 0.536 bits per heavy atom. The van der Waals surface area contributed by atoms with Crippen LogP contribution in [0.4, 0.5) is 0 Å². The van der Waals surface area contributed by atoms with Crippen molar-refractivity contribution in [2.24, 2.45) is 0 Å². The SMILES string of the molecule is CC(C)(C)c1ccc(-c2nnc(-c3ccc(-c4c5ccccc5c(-c5ccc(-c6nnc(-c7ccc(C(C)(C)C)cc7)o6)cc5)c5ccccc45)cc3)o2)cc1. The third-order valence-electron chi connectivity index (χ3n) is 10.6. The summed E-state index contributed by atoms with van der Waals surface area (Å²) in [6.45, 7) is 13.2. The second-order valence-electron chi connectivity index (χ2n) is 16.5. The molecular weight excluding hydrogens is 689 g/mol. The zero-order valence-corrected chi connectivity index (χ0v) is 32.5. The van der Waals surface area contributed by atoms with Crippen molar-refractivity contribution in [2.75, 3.05) is 0 Å². The first-order chi connectivity index (χ1) is 27.0. The van der Waals surface area contributed by atoms with Crippen LogP contribution in [0.3, 0.4) is 0 Å². The van der Waals surface area contributed by atoms with E-state index in [1.165, 1.54) is 43.8 Å². The maximum atomic E-state index is 6.17. The van der Waals surface area contributed by atoms with E-state index in [9.17, 15) is 0 Å². The number of hydrogen-bond acceptors (Lipinski definition) is 6. The van der Waals surface area contributed by atoms with Crippen molar-refractivity contribution in [3.05, 3.63) is 157 Å². The summed E-state index contributed by atoms with van der Waals surface area (Å²) >= 11 is 0. The van der Waals surface area contributed by atoms with Crippen LogP contribution in [0, 0.1) is 0 Å². The predicted molar refractivity (Wildman–Crippen MR) is 227 cm³/mol. The Hall–Kier alpha value is -6.66. The molecule has 0 atom stereocenters. The van der Waals surface area contributed by atoms with Crippen molar-refractivity contribution in [3.8, 4) is 68.1 Å². The number of hydrogen-bond donors (Lipinski definition) is 0. The molecule has 0 saturated heterocycles. The van der Waals surface area contributed by atoms with Crippen molar-refractivity contribution < 1.29 is 8.83 Å². The van der Waals surface area contributed by atoms with Gasteiger partial charge in [0.25, 0.3) is 0 Å². The average Bonchev–Trinajstić information content (AvgIpc) is 3.91. The first-order valence-corrected chi connectivity index (χ1v) is 19.1. The minimum absolute atomic E-state index is 0.0750. The van der Waals surface area contributed by atoms with Gasteiger partial charge < -0.3 is 8.83 Å². The highest BCUT2D eigenvalue weighted by atomic mass is 16.4. The highest BCUT2D eigenvalue weighted by Gasteiger charge is 2.20. The molecule has 7 aromatic carbocycles. The van der Waals surface area contributed by atoms with Crippen LogP contribution in [0.1, 0.15) is 52.7 Å². The smallest absolute Gasteiger partial charge is 0.248 e. The Labute approximate surface area is 326 Å². The van der Waals surface area contributed by atoms with E-state index in [0.717, 1.165) is 33.4 Å². The van der Waals surface area contributed by atoms with E-state index >= 15 is 0 Å². The molecule has 0 spiro atoms. The van der Waals surface area contributed by atoms with Gasteiger partial charge in [-0.3, -0.25) is 0 Å². The molecule has 0 radical (unpaired) electrons. The minimum atomic E-state index is 0.0750. The van der Waals surface area contributed by atoms with Gasteiger partial charge in [-0.05, 0) is 114 Å². The highest BCUT2D eigenvalue weighted by Crippen LogP contribution is 2.44. The molecule has 0 amide bonds. The van der Waals surface area contributed by atoms with Gasteiger partial charge in [-0.15, -0.1) is 20.4 Å². The lowest BCUT2D eigenvalue weighted by atomic mass is 9.85. The van der Waals surface area contributed by atoms with Gasteiger partial charge >= 0.3 is 0 Å². The molecule has 0 aliphatic heterocycles. The normalized spacial score (nSPS) is 12.1. The van der Waals surface area contributed by atoms with Crippen LogP contribution in [0.25, 0.3) is 89.6 Å².